The SMILES string of the molecule is O=C1CC(C2CCCC2)Oc2ccc(Br)cc21. The van der Waals surface area contributed by atoms with Crippen molar-refractivity contribution in [1.82, 2.24) is 0 Å². The quantitative estimate of drug-likeness (QED) is 0.783. The van der Waals surface area contributed by atoms with Crippen molar-refractivity contribution >= 4 is 21.7 Å². The zero-order valence-electron chi connectivity index (χ0n) is 9.62. The highest BCUT2D eigenvalue weighted by atomic mass is 79.9. The molecule has 1 aliphatic heterocycles. The molecule has 0 aromatic heterocycles. The Balaban J connectivity index is 1.87. The Hall–Kier alpha value is -0.830. The normalized spacial score (nSPS) is 24.5. The Morgan fingerprint density at radius 2 is 2.00 bits per heavy atom. The molecule has 1 aromatic rings. The maximum Gasteiger partial charge on any atom is 0.170 e. The number of hydrogen-bond acceptors (Lipinski definition) is 2. The lowest BCUT2D eigenvalue weighted by atomic mass is 9.91. The van der Waals surface area contributed by atoms with Crippen LogP contribution in [0.25, 0.3) is 0 Å². The number of ether oxygens (including phenoxy) is 1. The van der Waals surface area contributed by atoms with Crippen LogP contribution in [0.3, 0.4) is 0 Å². The number of rotatable bonds is 1. The molecular weight excluding hydrogens is 280 g/mol. The van der Waals surface area contributed by atoms with Gasteiger partial charge < -0.3 is 4.74 Å². The third-order valence-electron chi connectivity index (χ3n) is 3.83. The lowest BCUT2D eigenvalue weighted by Crippen LogP contribution is -2.32. The lowest BCUT2D eigenvalue weighted by molar-refractivity contribution is 0.0738. The first-order valence-electron chi connectivity index (χ1n) is 6.23. The van der Waals surface area contributed by atoms with E-state index in [1.807, 2.05) is 18.2 Å². The number of ketones is 1. The second-order valence-electron chi connectivity index (χ2n) is 4.97. The van der Waals surface area contributed by atoms with Crippen LogP contribution in [0.15, 0.2) is 22.7 Å². The maximum absolute atomic E-state index is 12.1. The van der Waals surface area contributed by atoms with E-state index in [1.54, 1.807) is 0 Å². The van der Waals surface area contributed by atoms with Gasteiger partial charge in [0.05, 0.1) is 5.56 Å². The Kier molecular flexibility index (Phi) is 2.95. The van der Waals surface area contributed by atoms with E-state index in [9.17, 15) is 4.79 Å². The van der Waals surface area contributed by atoms with Gasteiger partial charge in [-0.05, 0) is 37.0 Å². The third kappa shape index (κ3) is 2.13. The fraction of sp³-hybridized carbons (Fsp3) is 0.500. The Bertz CT molecular complexity index is 450. The minimum atomic E-state index is 0.110. The predicted molar refractivity (Wildman–Crippen MR) is 69.5 cm³/mol. The molecule has 0 saturated heterocycles. The number of Topliss-reactive ketones (excluding diaryl/α,β-unsaturated/α-hetero) is 1. The van der Waals surface area contributed by atoms with Crippen molar-refractivity contribution in [2.75, 3.05) is 0 Å². The molecule has 0 radical (unpaired) electrons. The standard InChI is InChI=1S/C14H15BrO2/c15-10-5-6-13-11(7-10)12(16)8-14(17-13)9-3-1-2-4-9/h5-7,9,14H,1-4,8H2. The summed E-state index contributed by atoms with van der Waals surface area (Å²) in [7, 11) is 0. The molecule has 1 heterocycles. The van der Waals surface area contributed by atoms with Crippen LogP contribution in [0, 0.1) is 5.92 Å². The highest BCUT2D eigenvalue weighted by Crippen LogP contribution is 2.37. The molecular formula is C14H15BrO2. The monoisotopic (exact) mass is 294 g/mol. The minimum absolute atomic E-state index is 0.110. The topological polar surface area (TPSA) is 26.3 Å². The molecule has 0 spiro atoms. The molecule has 1 unspecified atom stereocenters. The second-order valence-corrected chi connectivity index (χ2v) is 5.88. The van der Waals surface area contributed by atoms with E-state index in [4.69, 9.17) is 4.74 Å². The van der Waals surface area contributed by atoms with Crippen LogP contribution in [-0.4, -0.2) is 11.9 Å². The highest BCUT2D eigenvalue weighted by Gasteiger charge is 2.33. The molecule has 1 aromatic carbocycles. The molecule has 17 heavy (non-hydrogen) atoms. The number of halogens is 1. The fourth-order valence-corrected chi connectivity index (χ4v) is 3.27. The van der Waals surface area contributed by atoms with Gasteiger partial charge in [0.25, 0.3) is 0 Å². The number of benzene rings is 1. The van der Waals surface area contributed by atoms with E-state index in [2.05, 4.69) is 15.9 Å². The first-order valence-corrected chi connectivity index (χ1v) is 7.03. The average molecular weight is 295 g/mol. The van der Waals surface area contributed by atoms with Gasteiger partial charge in [0.2, 0.25) is 0 Å². The Morgan fingerprint density at radius 1 is 1.24 bits per heavy atom. The van der Waals surface area contributed by atoms with Crippen LogP contribution >= 0.6 is 15.9 Å². The largest absolute Gasteiger partial charge is 0.489 e. The van der Waals surface area contributed by atoms with Gasteiger partial charge in [-0.1, -0.05) is 28.8 Å². The van der Waals surface area contributed by atoms with Crippen LogP contribution in [0.5, 0.6) is 5.75 Å². The molecule has 0 N–H and O–H groups in total. The van der Waals surface area contributed by atoms with Crippen molar-refractivity contribution in [3.05, 3.63) is 28.2 Å². The van der Waals surface area contributed by atoms with Gasteiger partial charge in [0.1, 0.15) is 11.9 Å². The minimum Gasteiger partial charge on any atom is -0.489 e. The number of fused-ring (bicyclic) bond motifs is 1. The van der Waals surface area contributed by atoms with Gasteiger partial charge in [-0.15, -0.1) is 0 Å². The Morgan fingerprint density at radius 3 is 2.76 bits per heavy atom. The molecule has 90 valence electrons. The first-order chi connectivity index (χ1) is 8.24. The highest BCUT2D eigenvalue weighted by molar-refractivity contribution is 9.10. The first kappa shape index (κ1) is 11.3. The lowest BCUT2D eigenvalue weighted by Gasteiger charge is -2.29. The number of hydrogen-bond donors (Lipinski definition) is 0. The van der Waals surface area contributed by atoms with Gasteiger partial charge in [0, 0.05) is 10.9 Å². The summed E-state index contributed by atoms with van der Waals surface area (Å²) in [6.45, 7) is 0. The summed E-state index contributed by atoms with van der Waals surface area (Å²) in [5, 5.41) is 0. The zero-order valence-corrected chi connectivity index (χ0v) is 11.2. The Labute approximate surface area is 109 Å². The smallest absolute Gasteiger partial charge is 0.170 e. The third-order valence-corrected chi connectivity index (χ3v) is 4.33. The van der Waals surface area contributed by atoms with Gasteiger partial charge in [-0.2, -0.15) is 0 Å². The molecule has 3 heteroatoms. The van der Waals surface area contributed by atoms with Gasteiger partial charge in [-0.25, -0.2) is 0 Å². The summed E-state index contributed by atoms with van der Waals surface area (Å²) in [4.78, 5) is 12.1. The van der Waals surface area contributed by atoms with E-state index < -0.39 is 0 Å². The average Bonchev–Trinajstić information content (AvgIpc) is 2.83. The molecule has 1 fully saturated rings. The van der Waals surface area contributed by atoms with E-state index in [0.717, 1.165) is 15.8 Å². The summed E-state index contributed by atoms with van der Waals surface area (Å²) in [5.41, 5.74) is 0.730. The summed E-state index contributed by atoms with van der Waals surface area (Å²) >= 11 is 3.39. The molecule has 3 rings (SSSR count). The molecule has 2 nitrogen and oxygen atoms in total. The molecule has 2 aliphatic rings. The van der Waals surface area contributed by atoms with Crippen LogP contribution in [0.1, 0.15) is 42.5 Å². The number of carbonyl (C=O) groups is 1. The molecule has 0 amide bonds. The van der Waals surface area contributed by atoms with Crippen LogP contribution < -0.4 is 4.74 Å². The van der Waals surface area contributed by atoms with Crippen molar-refractivity contribution in [3.8, 4) is 5.75 Å². The molecule has 1 saturated carbocycles. The van der Waals surface area contributed by atoms with Crippen LogP contribution in [-0.2, 0) is 0 Å². The summed E-state index contributed by atoms with van der Waals surface area (Å²) in [6.07, 6.45) is 5.65. The summed E-state index contributed by atoms with van der Waals surface area (Å²) in [5.74, 6) is 1.57. The van der Waals surface area contributed by atoms with Gasteiger partial charge >= 0.3 is 0 Å². The predicted octanol–water partition coefficient (Wildman–Crippen LogP) is 3.97. The summed E-state index contributed by atoms with van der Waals surface area (Å²) < 4.78 is 6.94. The molecule has 1 atom stereocenters. The maximum atomic E-state index is 12.1. The van der Waals surface area contributed by atoms with Crippen molar-refractivity contribution in [3.63, 3.8) is 0 Å². The van der Waals surface area contributed by atoms with Crippen molar-refractivity contribution in [2.24, 2.45) is 5.92 Å². The van der Waals surface area contributed by atoms with E-state index in [0.29, 0.717) is 12.3 Å². The van der Waals surface area contributed by atoms with Crippen molar-refractivity contribution in [1.29, 1.82) is 0 Å². The molecule has 0 bridgehead atoms. The van der Waals surface area contributed by atoms with E-state index in [-0.39, 0.29) is 11.9 Å². The van der Waals surface area contributed by atoms with Crippen molar-refractivity contribution < 1.29 is 9.53 Å². The van der Waals surface area contributed by atoms with E-state index >= 15 is 0 Å². The second kappa shape index (κ2) is 4.45. The number of carbonyl (C=O) groups excluding carboxylic acids is 1. The zero-order chi connectivity index (χ0) is 11.8. The fourth-order valence-electron chi connectivity index (χ4n) is 2.91. The van der Waals surface area contributed by atoms with Crippen molar-refractivity contribution in [2.45, 2.75) is 38.2 Å². The van der Waals surface area contributed by atoms with Crippen LogP contribution in [0.4, 0.5) is 0 Å². The van der Waals surface area contributed by atoms with Crippen LogP contribution in [0.2, 0.25) is 0 Å². The summed E-state index contributed by atoms with van der Waals surface area (Å²) in [6, 6.07) is 5.70. The van der Waals surface area contributed by atoms with Gasteiger partial charge in [-0.3, -0.25) is 4.79 Å². The van der Waals surface area contributed by atoms with E-state index in [1.165, 1.54) is 25.7 Å². The van der Waals surface area contributed by atoms with Gasteiger partial charge in [0.15, 0.2) is 5.78 Å². The molecule has 1 aliphatic carbocycles.